The molecule has 1 amide bonds. The summed E-state index contributed by atoms with van der Waals surface area (Å²) >= 11 is 0. The fourth-order valence-electron chi connectivity index (χ4n) is 3.36. The van der Waals surface area contributed by atoms with E-state index in [4.69, 9.17) is 9.47 Å². The van der Waals surface area contributed by atoms with E-state index >= 15 is 0 Å². The number of ether oxygens (including phenoxy) is 2. The highest BCUT2D eigenvalue weighted by molar-refractivity contribution is 7.92. The third-order valence-corrected chi connectivity index (χ3v) is 6.98. The molecule has 0 radical (unpaired) electrons. The summed E-state index contributed by atoms with van der Waals surface area (Å²) in [5.41, 5.74) is 3.39. The number of methoxy groups -OCH3 is 2. The molecule has 0 aromatic heterocycles. The average Bonchev–Trinajstić information content (AvgIpc) is 2.79. The second-order valence-corrected chi connectivity index (χ2v) is 9.59. The second kappa shape index (κ2) is 9.95. The lowest BCUT2D eigenvalue weighted by Crippen LogP contribution is -2.38. The van der Waals surface area contributed by atoms with Gasteiger partial charge in [-0.2, -0.15) is 0 Å². The molecule has 0 spiro atoms. The number of nitrogens with one attached hydrogen (secondary N) is 1. The van der Waals surface area contributed by atoms with Gasteiger partial charge in [0.25, 0.3) is 10.0 Å². The normalized spacial score (nSPS) is 11.1. The van der Waals surface area contributed by atoms with Crippen LogP contribution in [-0.2, 0) is 14.8 Å². The van der Waals surface area contributed by atoms with Crippen molar-refractivity contribution in [2.45, 2.75) is 25.7 Å². The summed E-state index contributed by atoms with van der Waals surface area (Å²) in [7, 11) is -1.00. The number of carbonyl (C=O) groups is 1. The number of nitrogens with zero attached hydrogens (tertiary/aromatic N) is 1. The molecule has 0 aliphatic heterocycles. The average molecular weight is 469 g/mol. The van der Waals surface area contributed by atoms with Crippen LogP contribution in [0.5, 0.6) is 11.5 Å². The van der Waals surface area contributed by atoms with Crippen LogP contribution >= 0.6 is 0 Å². The molecule has 0 aliphatic carbocycles. The Balaban J connectivity index is 2.01. The van der Waals surface area contributed by atoms with Crippen molar-refractivity contribution < 1.29 is 22.7 Å². The minimum atomic E-state index is -4.01. The van der Waals surface area contributed by atoms with Crippen molar-refractivity contribution in [1.82, 2.24) is 0 Å². The predicted octanol–water partition coefficient (Wildman–Crippen LogP) is 4.46. The molecular weight excluding hydrogens is 440 g/mol. The maximum Gasteiger partial charge on any atom is 0.264 e. The Morgan fingerprint density at radius 3 is 2.18 bits per heavy atom. The Labute approximate surface area is 195 Å². The monoisotopic (exact) mass is 468 g/mol. The Bertz CT molecular complexity index is 1250. The molecular formula is C25H28N2O5S. The fraction of sp³-hybridized carbons (Fsp3) is 0.240. The molecule has 33 heavy (non-hydrogen) atoms. The van der Waals surface area contributed by atoms with Crippen molar-refractivity contribution in [3.8, 4) is 11.5 Å². The number of hydrogen-bond donors (Lipinski definition) is 1. The van der Waals surface area contributed by atoms with Crippen LogP contribution in [0.2, 0.25) is 0 Å². The van der Waals surface area contributed by atoms with E-state index in [1.165, 1.54) is 14.2 Å². The van der Waals surface area contributed by atoms with Gasteiger partial charge in [-0.1, -0.05) is 29.8 Å². The number of aryl methyl sites for hydroxylation is 3. The third-order valence-electron chi connectivity index (χ3n) is 5.21. The van der Waals surface area contributed by atoms with Gasteiger partial charge in [0.1, 0.15) is 18.0 Å². The SMILES string of the molecule is COc1ccc(OC)c(NC(=O)CN(c2cc(C)ccc2C)S(=O)(=O)c2ccc(C)cc2)c1. The van der Waals surface area contributed by atoms with Crippen LogP contribution in [0, 0.1) is 20.8 Å². The summed E-state index contributed by atoms with van der Waals surface area (Å²) in [6, 6.07) is 17.1. The zero-order valence-electron chi connectivity index (χ0n) is 19.4. The molecule has 3 aromatic rings. The standard InChI is InChI=1S/C25H28N2O5S/c1-17-7-11-21(12-8-17)33(29,30)27(23-14-18(2)6-9-19(23)3)16-25(28)26-22-15-20(31-4)10-13-24(22)32-5/h6-15H,16H2,1-5H3,(H,26,28). The van der Waals surface area contributed by atoms with E-state index in [2.05, 4.69) is 5.32 Å². The van der Waals surface area contributed by atoms with Crippen LogP contribution in [0.4, 0.5) is 11.4 Å². The molecule has 3 rings (SSSR count). The molecule has 0 unspecified atom stereocenters. The molecule has 0 fully saturated rings. The topological polar surface area (TPSA) is 84.9 Å². The molecule has 1 N–H and O–H groups in total. The zero-order valence-corrected chi connectivity index (χ0v) is 20.2. The highest BCUT2D eigenvalue weighted by Gasteiger charge is 2.28. The molecule has 0 atom stereocenters. The number of benzene rings is 3. The van der Waals surface area contributed by atoms with Crippen LogP contribution < -0.4 is 19.1 Å². The van der Waals surface area contributed by atoms with Gasteiger partial charge in [0.05, 0.1) is 30.5 Å². The molecule has 0 aliphatic rings. The van der Waals surface area contributed by atoms with Crippen LogP contribution in [0.25, 0.3) is 0 Å². The van der Waals surface area contributed by atoms with Gasteiger partial charge in [0.2, 0.25) is 5.91 Å². The number of rotatable bonds is 8. The molecule has 174 valence electrons. The highest BCUT2D eigenvalue weighted by atomic mass is 32.2. The highest BCUT2D eigenvalue weighted by Crippen LogP contribution is 2.31. The van der Waals surface area contributed by atoms with Gasteiger partial charge in [0.15, 0.2) is 0 Å². The quantitative estimate of drug-likeness (QED) is 0.528. The maximum atomic E-state index is 13.6. The Hall–Kier alpha value is -3.52. The van der Waals surface area contributed by atoms with Gasteiger partial charge in [-0.3, -0.25) is 9.10 Å². The lowest BCUT2D eigenvalue weighted by molar-refractivity contribution is -0.114. The van der Waals surface area contributed by atoms with E-state index in [0.717, 1.165) is 21.0 Å². The molecule has 3 aromatic carbocycles. The summed E-state index contributed by atoms with van der Waals surface area (Å²) in [5.74, 6) is 0.451. The maximum absolute atomic E-state index is 13.6. The molecule has 8 heteroatoms. The number of carbonyl (C=O) groups excluding carboxylic acids is 1. The van der Waals surface area contributed by atoms with Gasteiger partial charge < -0.3 is 14.8 Å². The van der Waals surface area contributed by atoms with E-state index in [1.54, 1.807) is 48.5 Å². The van der Waals surface area contributed by atoms with E-state index in [1.807, 2.05) is 32.9 Å². The van der Waals surface area contributed by atoms with Crippen LogP contribution in [0.1, 0.15) is 16.7 Å². The van der Waals surface area contributed by atoms with Crippen molar-refractivity contribution in [2.24, 2.45) is 0 Å². The van der Waals surface area contributed by atoms with Crippen molar-refractivity contribution in [3.63, 3.8) is 0 Å². The zero-order chi connectivity index (χ0) is 24.2. The number of amides is 1. The minimum Gasteiger partial charge on any atom is -0.497 e. The van der Waals surface area contributed by atoms with Crippen molar-refractivity contribution in [1.29, 1.82) is 0 Å². The number of sulfonamides is 1. The van der Waals surface area contributed by atoms with Crippen molar-refractivity contribution in [2.75, 3.05) is 30.4 Å². The first-order chi connectivity index (χ1) is 15.6. The van der Waals surface area contributed by atoms with Crippen molar-refractivity contribution >= 4 is 27.3 Å². The Morgan fingerprint density at radius 1 is 0.879 bits per heavy atom. The number of hydrogen-bond acceptors (Lipinski definition) is 5. The van der Waals surface area contributed by atoms with E-state index in [9.17, 15) is 13.2 Å². The first kappa shape index (κ1) is 24.1. The van der Waals surface area contributed by atoms with Gasteiger partial charge in [0, 0.05) is 6.07 Å². The van der Waals surface area contributed by atoms with Gasteiger partial charge in [-0.15, -0.1) is 0 Å². The lowest BCUT2D eigenvalue weighted by Gasteiger charge is -2.26. The smallest absolute Gasteiger partial charge is 0.264 e. The van der Waals surface area contributed by atoms with Gasteiger partial charge in [-0.05, 0) is 62.2 Å². The van der Waals surface area contributed by atoms with E-state index in [0.29, 0.717) is 22.9 Å². The summed E-state index contributed by atoms with van der Waals surface area (Å²) in [4.78, 5) is 13.2. The second-order valence-electron chi connectivity index (χ2n) is 7.73. The Morgan fingerprint density at radius 2 is 1.55 bits per heavy atom. The van der Waals surface area contributed by atoms with E-state index in [-0.39, 0.29) is 4.90 Å². The predicted molar refractivity (Wildman–Crippen MR) is 130 cm³/mol. The molecule has 0 saturated carbocycles. The first-order valence-corrected chi connectivity index (χ1v) is 11.8. The van der Waals surface area contributed by atoms with E-state index < -0.39 is 22.5 Å². The molecule has 7 nitrogen and oxygen atoms in total. The van der Waals surface area contributed by atoms with Crippen molar-refractivity contribution in [3.05, 3.63) is 77.4 Å². The fourth-order valence-corrected chi connectivity index (χ4v) is 4.83. The van der Waals surface area contributed by atoms with Crippen LogP contribution in [-0.4, -0.2) is 35.1 Å². The third kappa shape index (κ3) is 5.46. The minimum absolute atomic E-state index is 0.112. The Kier molecular flexibility index (Phi) is 7.28. The van der Waals surface area contributed by atoms with Gasteiger partial charge in [-0.25, -0.2) is 8.42 Å². The largest absolute Gasteiger partial charge is 0.497 e. The van der Waals surface area contributed by atoms with Crippen LogP contribution in [0.3, 0.4) is 0 Å². The first-order valence-electron chi connectivity index (χ1n) is 10.3. The summed E-state index contributed by atoms with van der Waals surface area (Å²) in [6.45, 7) is 5.16. The van der Waals surface area contributed by atoms with Gasteiger partial charge >= 0.3 is 0 Å². The van der Waals surface area contributed by atoms with Crippen LogP contribution in [0.15, 0.2) is 65.6 Å². The lowest BCUT2D eigenvalue weighted by atomic mass is 10.1. The summed E-state index contributed by atoms with van der Waals surface area (Å²) < 4.78 is 38.9. The molecule has 0 saturated heterocycles. The molecule has 0 bridgehead atoms. The summed E-state index contributed by atoms with van der Waals surface area (Å²) in [6.07, 6.45) is 0. The number of anilines is 2. The molecule has 0 heterocycles. The summed E-state index contributed by atoms with van der Waals surface area (Å²) in [5, 5.41) is 2.75.